The number of halogens is 5. The molecule has 1 unspecified atom stereocenters. The van der Waals surface area contributed by atoms with E-state index in [0.717, 1.165) is 12.1 Å². The van der Waals surface area contributed by atoms with Crippen LogP contribution in [0.1, 0.15) is 25.7 Å². The maximum absolute atomic E-state index is 13.2. The van der Waals surface area contributed by atoms with Gasteiger partial charge in [-0.1, -0.05) is 0 Å². The molecule has 1 heterocycles. The lowest BCUT2D eigenvalue weighted by molar-refractivity contribution is -0.149. The average molecular weight is 336 g/mol. The minimum Gasteiger partial charge on any atom is -0.380 e. The van der Waals surface area contributed by atoms with Crippen LogP contribution in [0.2, 0.25) is 0 Å². The topological polar surface area (TPSA) is 32.3 Å². The predicted molar refractivity (Wildman–Crippen MR) is 74.9 cm³/mol. The minimum absolute atomic E-state index is 0.205. The van der Waals surface area contributed by atoms with Crippen LogP contribution in [0.4, 0.5) is 27.6 Å². The highest BCUT2D eigenvalue weighted by Gasteiger charge is 2.30. The van der Waals surface area contributed by atoms with E-state index in [2.05, 4.69) is 5.32 Å². The Morgan fingerprint density at radius 2 is 2.00 bits per heavy atom. The molecule has 23 heavy (non-hydrogen) atoms. The number of alkyl halides is 3. The summed E-state index contributed by atoms with van der Waals surface area (Å²) in [5.41, 5.74) is 0.374. The van der Waals surface area contributed by atoms with Gasteiger partial charge in [-0.15, -0.1) is 0 Å². The van der Waals surface area contributed by atoms with Gasteiger partial charge in [-0.2, -0.15) is 13.2 Å². The average Bonchev–Trinajstić information content (AvgIpc) is 2.48. The SMILES string of the molecule is O=C(CCC(F)(F)F)N1CCCC(Nc2ccc(F)c(F)c2)C1. The normalized spacial score (nSPS) is 18.8. The van der Waals surface area contributed by atoms with E-state index in [4.69, 9.17) is 0 Å². The fourth-order valence-electron chi connectivity index (χ4n) is 2.55. The number of amides is 1. The zero-order chi connectivity index (χ0) is 17.0. The van der Waals surface area contributed by atoms with E-state index in [0.29, 0.717) is 25.1 Å². The third-order valence-corrected chi connectivity index (χ3v) is 3.69. The van der Waals surface area contributed by atoms with Gasteiger partial charge in [-0.3, -0.25) is 4.79 Å². The van der Waals surface area contributed by atoms with Gasteiger partial charge in [0.25, 0.3) is 0 Å². The second-order valence-electron chi connectivity index (χ2n) is 5.57. The Kier molecular flexibility index (Phi) is 5.43. The molecular formula is C15H17F5N2O. The van der Waals surface area contributed by atoms with E-state index in [9.17, 15) is 26.7 Å². The lowest BCUT2D eigenvalue weighted by Crippen LogP contribution is -2.45. The third-order valence-electron chi connectivity index (χ3n) is 3.69. The molecule has 3 nitrogen and oxygen atoms in total. The highest BCUT2D eigenvalue weighted by Crippen LogP contribution is 2.23. The molecule has 1 atom stereocenters. The molecule has 1 aromatic carbocycles. The first-order chi connectivity index (χ1) is 10.7. The molecule has 0 saturated carbocycles. The van der Waals surface area contributed by atoms with Crippen LogP contribution in [0.25, 0.3) is 0 Å². The number of nitrogens with zero attached hydrogens (tertiary/aromatic N) is 1. The molecule has 0 aliphatic carbocycles. The summed E-state index contributed by atoms with van der Waals surface area (Å²) >= 11 is 0. The lowest BCUT2D eigenvalue weighted by Gasteiger charge is -2.34. The Morgan fingerprint density at radius 3 is 2.65 bits per heavy atom. The molecule has 1 N–H and O–H groups in total. The highest BCUT2D eigenvalue weighted by molar-refractivity contribution is 5.76. The van der Waals surface area contributed by atoms with E-state index in [1.807, 2.05) is 0 Å². The van der Waals surface area contributed by atoms with E-state index >= 15 is 0 Å². The van der Waals surface area contributed by atoms with Gasteiger partial charge < -0.3 is 10.2 Å². The summed E-state index contributed by atoms with van der Waals surface area (Å²) in [6.45, 7) is 0.655. The van der Waals surface area contributed by atoms with Gasteiger partial charge in [0, 0.05) is 37.3 Å². The van der Waals surface area contributed by atoms with Gasteiger partial charge in [-0.25, -0.2) is 8.78 Å². The van der Waals surface area contributed by atoms with Gasteiger partial charge in [-0.05, 0) is 25.0 Å². The van der Waals surface area contributed by atoms with Crippen LogP contribution in [-0.2, 0) is 4.79 Å². The van der Waals surface area contributed by atoms with Crippen molar-refractivity contribution in [3.8, 4) is 0 Å². The van der Waals surface area contributed by atoms with Crippen LogP contribution < -0.4 is 5.32 Å². The van der Waals surface area contributed by atoms with Crippen molar-refractivity contribution in [3.05, 3.63) is 29.8 Å². The molecule has 1 aromatic rings. The van der Waals surface area contributed by atoms with E-state index < -0.39 is 36.6 Å². The summed E-state index contributed by atoms with van der Waals surface area (Å²) in [7, 11) is 0. The minimum atomic E-state index is -4.35. The fourth-order valence-corrected chi connectivity index (χ4v) is 2.55. The van der Waals surface area contributed by atoms with Crippen LogP contribution >= 0.6 is 0 Å². The molecule has 2 rings (SSSR count). The largest absolute Gasteiger partial charge is 0.389 e. The summed E-state index contributed by atoms with van der Waals surface area (Å²) < 4.78 is 62.5. The maximum atomic E-state index is 13.2. The van der Waals surface area contributed by atoms with E-state index in [1.54, 1.807) is 0 Å². The van der Waals surface area contributed by atoms with Crippen molar-refractivity contribution in [1.82, 2.24) is 4.90 Å². The van der Waals surface area contributed by atoms with Gasteiger partial charge >= 0.3 is 6.18 Å². The standard InChI is InChI=1S/C15H17F5N2O/c16-12-4-3-10(8-13(12)17)21-11-2-1-7-22(9-11)14(23)5-6-15(18,19)20/h3-4,8,11,21H,1-2,5-7,9H2. The zero-order valence-electron chi connectivity index (χ0n) is 12.3. The molecule has 1 saturated heterocycles. The summed E-state index contributed by atoms with van der Waals surface area (Å²) in [6.07, 6.45) is -4.72. The van der Waals surface area contributed by atoms with Crippen molar-refractivity contribution in [2.24, 2.45) is 0 Å². The molecule has 8 heteroatoms. The Bertz CT molecular complexity index is 561. The molecule has 1 amide bonds. The summed E-state index contributed by atoms with van der Waals surface area (Å²) in [5, 5.41) is 2.98. The van der Waals surface area contributed by atoms with Crippen LogP contribution in [0.15, 0.2) is 18.2 Å². The van der Waals surface area contributed by atoms with Crippen LogP contribution in [0.5, 0.6) is 0 Å². The zero-order valence-corrected chi connectivity index (χ0v) is 12.3. The van der Waals surface area contributed by atoms with Gasteiger partial charge in [0.2, 0.25) is 5.91 Å². The van der Waals surface area contributed by atoms with Crippen LogP contribution in [0.3, 0.4) is 0 Å². The molecule has 0 radical (unpaired) electrons. The van der Waals surface area contributed by atoms with Crippen LogP contribution in [-0.4, -0.2) is 36.1 Å². The Balaban J connectivity index is 1.90. The summed E-state index contributed by atoms with van der Waals surface area (Å²) in [6, 6.07) is 3.18. The number of likely N-dealkylation sites (tertiary alicyclic amines) is 1. The number of hydrogen-bond donors (Lipinski definition) is 1. The maximum Gasteiger partial charge on any atom is 0.389 e. The van der Waals surface area contributed by atoms with Crippen LogP contribution in [0, 0.1) is 11.6 Å². The van der Waals surface area contributed by atoms with Crippen molar-refractivity contribution in [3.63, 3.8) is 0 Å². The Hall–Kier alpha value is -1.86. The van der Waals surface area contributed by atoms with E-state index in [-0.39, 0.29) is 12.6 Å². The van der Waals surface area contributed by atoms with Gasteiger partial charge in [0.05, 0.1) is 6.42 Å². The number of carbonyl (C=O) groups is 1. The third kappa shape index (κ3) is 5.37. The first kappa shape index (κ1) is 17.5. The van der Waals surface area contributed by atoms with Crippen molar-refractivity contribution in [1.29, 1.82) is 0 Å². The number of nitrogens with one attached hydrogen (secondary N) is 1. The van der Waals surface area contributed by atoms with Crippen molar-refractivity contribution in [2.45, 2.75) is 37.9 Å². The Morgan fingerprint density at radius 1 is 1.26 bits per heavy atom. The molecule has 1 aliphatic heterocycles. The highest BCUT2D eigenvalue weighted by atomic mass is 19.4. The summed E-state index contributed by atoms with van der Waals surface area (Å²) in [4.78, 5) is 13.2. The Labute approximate surface area is 130 Å². The number of benzene rings is 1. The first-order valence-corrected chi connectivity index (χ1v) is 7.31. The van der Waals surface area contributed by atoms with Gasteiger partial charge in [0.15, 0.2) is 11.6 Å². The number of carbonyl (C=O) groups excluding carboxylic acids is 1. The second-order valence-corrected chi connectivity index (χ2v) is 5.57. The molecule has 0 bridgehead atoms. The molecule has 1 aliphatic rings. The summed E-state index contributed by atoms with van der Waals surface area (Å²) in [5.74, 6) is -2.48. The van der Waals surface area contributed by atoms with Crippen molar-refractivity contribution >= 4 is 11.6 Å². The van der Waals surface area contributed by atoms with Gasteiger partial charge in [0.1, 0.15) is 0 Å². The predicted octanol–water partition coefficient (Wildman–Crippen LogP) is 3.71. The lowest BCUT2D eigenvalue weighted by atomic mass is 10.0. The molecule has 128 valence electrons. The van der Waals surface area contributed by atoms with E-state index in [1.165, 1.54) is 11.0 Å². The number of anilines is 1. The van der Waals surface area contributed by atoms with Crippen molar-refractivity contribution < 1.29 is 26.7 Å². The molecule has 0 aromatic heterocycles. The molecule has 0 spiro atoms. The second kappa shape index (κ2) is 7.14. The number of hydrogen-bond acceptors (Lipinski definition) is 2. The first-order valence-electron chi connectivity index (χ1n) is 7.31. The monoisotopic (exact) mass is 336 g/mol. The smallest absolute Gasteiger partial charge is 0.380 e. The fraction of sp³-hybridized carbons (Fsp3) is 0.533. The molecular weight excluding hydrogens is 319 g/mol. The number of rotatable bonds is 4. The van der Waals surface area contributed by atoms with Crippen molar-refractivity contribution in [2.75, 3.05) is 18.4 Å². The number of piperidine rings is 1. The quantitative estimate of drug-likeness (QED) is 0.850. The molecule has 1 fully saturated rings.